The first kappa shape index (κ1) is 14.6. The fraction of sp³-hybridized carbons (Fsp3) is 0.571. The first-order chi connectivity index (χ1) is 7.27. The van der Waals surface area contributed by atoms with Crippen molar-refractivity contribution in [2.45, 2.75) is 45.8 Å². The Morgan fingerprint density at radius 1 is 1.13 bits per heavy atom. The van der Waals surface area contributed by atoms with Crippen molar-refractivity contribution < 1.29 is 0 Å². The molecule has 1 aromatic rings. The maximum absolute atomic E-state index is 2.28. The molecule has 1 rings (SSSR count). The first-order valence-electron chi connectivity index (χ1n) is 5.85. The van der Waals surface area contributed by atoms with Gasteiger partial charge in [0.15, 0.2) is 0 Å². The van der Waals surface area contributed by atoms with Crippen molar-refractivity contribution in [1.29, 1.82) is 0 Å². The zero-order valence-corrected chi connectivity index (χ0v) is 11.5. The summed E-state index contributed by atoms with van der Waals surface area (Å²) in [7, 11) is 0. The van der Waals surface area contributed by atoms with E-state index in [9.17, 15) is 0 Å². The second kappa shape index (κ2) is 8.84. The van der Waals surface area contributed by atoms with Gasteiger partial charge in [-0.2, -0.15) is 11.8 Å². The normalized spacial score (nSPS) is 11.5. The van der Waals surface area contributed by atoms with Gasteiger partial charge in [0, 0.05) is 5.75 Å². The highest BCUT2D eigenvalue weighted by Gasteiger charge is 2.01. The van der Waals surface area contributed by atoms with E-state index in [1.807, 2.05) is 25.6 Å². The minimum Gasteiger partial charge on any atom is -0.161 e. The predicted molar refractivity (Wildman–Crippen MR) is 73.7 cm³/mol. The van der Waals surface area contributed by atoms with E-state index in [-0.39, 0.29) is 0 Å². The Labute approximate surface area is 99.5 Å². The maximum Gasteiger partial charge on any atom is 0.0181 e. The van der Waals surface area contributed by atoms with Gasteiger partial charge in [0.1, 0.15) is 0 Å². The van der Waals surface area contributed by atoms with E-state index < -0.39 is 0 Å². The van der Waals surface area contributed by atoms with Gasteiger partial charge in [0.05, 0.1) is 0 Å². The van der Waals surface area contributed by atoms with Crippen molar-refractivity contribution >= 4 is 11.8 Å². The van der Waals surface area contributed by atoms with E-state index in [0.717, 1.165) is 5.75 Å². The van der Waals surface area contributed by atoms with Crippen LogP contribution < -0.4 is 0 Å². The lowest BCUT2D eigenvalue weighted by atomic mass is 9.98. The molecule has 0 aliphatic rings. The van der Waals surface area contributed by atoms with Crippen molar-refractivity contribution in [2.75, 3.05) is 6.26 Å². The fourth-order valence-electron chi connectivity index (χ4n) is 1.34. The second-order valence-electron chi connectivity index (χ2n) is 3.48. The highest BCUT2D eigenvalue weighted by molar-refractivity contribution is 7.97. The summed E-state index contributed by atoms with van der Waals surface area (Å²) in [5, 5.41) is 0. The molecular formula is C14H24S. The molecule has 0 aromatic heterocycles. The van der Waals surface area contributed by atoms with E-state index >= 15 is 0 Å². The average Bonchev–Trinajstić information content (AvgIpc) is 2.32. The Balaban J connectivity index is 0.000000921. The number of rotatable bonds is 4. The molecular weight excluding hydrogens is 200 g/mol. The maximum atomic E-state index is 2.28. The topological polar surface area (TPSA) is 0 Å². The van der Waals surface area contributed by atoms with Gasteiger partial charge in [0.25, 0.3) is 0 Å². The van der Waals surface area contributed by atoms with Crippen molar-refractivity contribution in [1.82, 2.24) is 0 Å². The van der Waals surface area contributed by atoms with Crippen LogP contribution in [0.25, 0.3) is 0 Å². The van der Waals surface area contributed by atoms with Crippen LogP contribution in [-0.4, -0.2) is 6.26 Å². The summed E-state index contributed by atoms with van der Waals surface area (Å²) in [5.41, 5.74) is 2.90. The molecule has 1 atom stereocenters. The highest BCUT2D eigenvalue weighted by atomic mass is 32.2. The SMILES string of the molecule is CC.CCC(C)c1ccc(CSC)cc1. The molecule has 0 nitrogen and oxygen atoms in total. The van der Waals surface area contributed by atoms with Crippen LogP contribution in [0.1, 0.15) is 51.2 Å². The largest absolute Gasteiger partial charge is 0.161 e. The molecule has 86 valence electrons. The minimum absolute atomic E-state index is 0.698. The van der Waals surface area contributed by atoms with Gasteiger partial charge < -0.3 is 0 Å². The van der Waals surface area contributed by atoms with E-state index in [4.69, 9.17) is 0 Å². The first-order valence-corrected chi connectivity index (χ1v) is 7.25. The van der Waals surface area contributed by atoms with Gasteiger partial charge in [0.2, 0.25) is 0 Å². The number of hydrogen-bond donors (Lipinski definition) is 0. The smallest absolute Gasteiger partial charge is 0.0181 e. The zero-order valence-electron chi connectivity index (χ0n) is 10.7. The third kappa shape index (κ3) is 5.27. The molecule has 0 aliphatic carbocycles. The third-order valence-corrected chi connectivity index (χ3v) is 3.09. The van der Waals surface area contributed by atoms with E-state index in [2.05, 4.69) is 44.4 Å². The van der Waals surface area contributed by atoms with Gasteiger partial charge in [-0.25, -0.2) is 0 Å². The molecule has 0 fully saturated rings. The van der Waals surface area contributed by atoms with E-state index in [0.29, 0.717) is 5.92 Å². The van der Waals surface area contributed by atoms with E-state index in [1.54, 1.807) is 0 Å². The Bertz CT molecular complexity index is 238. The monoisotopic (exact) mass is 224 g/mol. The number of thioether (sulfide) groups is 1. The minimum atomic E-state index is 0.698. The molecule has 0 N–H and O–H groups in total. The average molecular weight is 224 g/mol. The zero-order chi connectivity index (χ0) is 11.7. The summed E-state index contributed by atoms with van der Waals surface area (Å²) in [6, 6.07) is 9.02. The van der Waals surface area contributed by atoms with Crippen LogP contribution in [0.5, 0.6) is 0 Å². The molecule has 0 spiro atoms. The van der Waals surface area contributed by atoms with Crippen molar-refractivity contribution in [3.05, 3.63) is 35.4 Å². The van der Waals surface area contributed by atoms with Crippen LogP contribution in [0.15, 0.2) is 24.3 Å². The molecule has 1 unspecified atom stereocenters. The molecule has 0 saturated carbocycles. The van der Waals surface area contributed by atoms with Crippen molar-refractivity contribution in [3.63, 3.8) is 0 Å². The number of hydrogen-bond acceptors (Lipinski definition) is 1. The van der Waals surface area contributed by atoms with Gasteiger partial charge in [-0.15, -0.1) is 0 Å². The summed E-state index contributed by atoms with van der Waals surface area (Å²) in [6.07, 6.45) is 3.37. The Morgan fingerprint density at radius 3 is 2.07 bits per heavy atom. The lowest BCUT2D eigenvalue weighted by Gasteiger charge is -2.09. The van der Waals surface area contributed by atoms with Crippen LogP contribution >= 0.6 is 11.8 Å². The van der Waals surface area contributed by atoms with E-state index in [1.165, 1.54) is 17.5 Å². The van der Waals surface area contributed by atoms with Crippen LogP contribution in [-0.2, 0) is 5.75 Å². The number of benzene rings is 1. The summed E-state index contributed by atoms with van der Waals surface area (Å²) >= 11 is 1.87. The molecule has 0 amide bonds. The van der Waals surface area contributed by atoms with Crippen molar-refractivity contribution in [2.24, 2.45) is 0 Å². The third-order valence-electron chi connectivity index (χ3n) is 2.47. The Hall–Kier alpha value is -0.430. The van der Waals surface area contributed by atoms with Gasteiger partial charge in [-0.1, -0.05) is 52.0 Å². The summed E-state index contributed by atoms with van der Waals surface area (Å²) in [4.78, 5) is 0. The van der Waals surface area contributed by atoms with Crippen LogP contribution in [0, 0.1) is 0 Å². The van der Waals surface area contributed by atoms with Gasteiger partial charge in [-0.05, 0) is 29.7 Å². The van der Waals surface area contributed by atoms with Gasteiger partial charge in [-0.3, -0.25) is 0 Å². The van der Waals surface area contributed by atoms with Crippen LogP contribution in [0.3, 0.4) is 0 Å². The molecule has 15 heavy (non-hydrogen) atoms. The predicted octanol–water partition coefficient (Wildman–Crippen LogP) is 5.09. The lowest BCUT2D eigenvalue weighted by molar-refractivity contribution is 0.733. The summed E-state index contributed by atoms with van der Waals surface area (Å²) < 4.78 is 0. The Morgan fingerprint density at radius 2 is 1.67 bits per heavy atom. The second-order valence-corrected chi connectivity index (χ2v) is 4.35. The molecule has 0 aliphatic heterocycles. The van der Waals surface area contributed by atoms with Crippen LogP contribution in [0.4, 0.5) is 0 Å². The van der Waals surface area contributed by atoms with Crippen LogP contribution in [0.2, 0.25) is 0 Å². The molecule has 0 heterocycles. The molecule has 1 aromatic carbocycles. The Kier molecular flexibility index (Phi) is 8.59. The molecule has 0 radical (unpaired) electrons. The highest BCUT2D eigenvalue weighted by Crippen LogP contribution is 2.19. The molecule has 0 saturated heterocycles. The summed E-state index contributed by atoms with van der Waals surface area (Å²) in [5.74, 6) is 1.82. The van der Waals surface area contributed by atoms with Crippen molar-refractivity contribution in [3.8, 4) is 0 Å². The van der Waals surface area contributed by atoms with Gasteiger partial charge >= 0.3 is 0 Å². The standard InChI is InChI=1S/C12H18S.C2H6/c1-4-10(2)12-7-5-11(6-8-12)9-13-3;1-2/h5-8,10H,4,9H2,1-3H3;1-2H3. The molecule has 1 heteroatoms. The molecule has 0 bridgehead atoms. The summed E-state index contributed by atoms with van der Waals surface area (Å²) in [6.45, 7) is 8.52. The lowest BCUT2D eigenvalue weighted by Crippen LogP contribution is -1.91. The fourth-order valence-corrected chi connectivity index (χ4v) is 1.87. The quantitative estimate of drug-likeness (QED) is 0.686.